The van der Waals surface area contributed by atoms with Crippen molar-refractivity contribution in [3.8, 4) is 10.4 Å². The quantitative estimate of drug-likeness (QED) is 0.860. The topological polar surface area (TPSA) is 24.9 Å². The molecule has 0 saturated carbocycles. The van der Waals surface area contributed by atoms with Crippen LogP contribution in [0.15, 0.2) is 28.7 Å². The second-order valence-electron chi connectivity index (χ2n) is 4.72. The van der Waals surface area contributed by atoms with Crippen LogP contribution in [0.4, 0.5) is 5.13 Å². The number of thiazole rings is 1. The van der Waals surface area contributed by atoms with Crippen molar-refractivity contribution in [1.82, 2.24) is 4.98 Å². The fourth-order valence-electron chi connectivity index (χ4n) is 1.63. The monoisotopic (exact) mass is 324 g/mol. The predicted molar refractivity (Wildman–Crippen MR) is 83.3 cm³/mol. The zero-order chi connectivity index (χ0) is 13.1. The van der Waals surface area contributed by atoms with E-state index in [0.29, 0.717) is 5.92 Å². The summed E-state index contributed by atoms with van der Waals surface area (Å²) < 4.78 is 1.10. The molecule has 4 heteroatoms. The van der Waals surface area contributed by atoms with Crippen LogP contribution >= 0.6 is 27.3 Å². The number of aryl methyl sites for hydroxylation is 1. The molecule has 0 unspecified atom stereocenters. The van der Waals surface area contributed by atoms with Crippen molar-refractivity contribution in [3.63, 3.8) is 0 Å². The average molecular weight is 325 g/mol. The van der Waals surface area contributed by atoms with Crippen LogP contribution in [0.1, 0.15) is 19.5 Å². The molecule has 2 nitrogen and oxygen atoms in total. The highest BCUT2D eigenvalue weighted by Gasteiger charge is 2.09. The fraction of sp³-hybridized carbons (Fsp3) is 0.357. The van der Waals surface area contributed by atoms with Crippen LogP contribution < -0.4 is 5.32 Å². The zero-order valence-electron chi connectivity index (χ0n) is 10.8. The molecule has 1 heterocycles. The fourth-order valence-corrected chi connectivity index (χ4v) is 2.88. The van der Waals surface area contributed by atoms with Gasteiger partial charge in [0.05, 0.1) is 10.6 Å². The second-order valence-corrected chi connectivity index (χ2v) is 6.63. The summed E-state index contributed by atoms with van der Waals surface area (Å²) >= 11 is 5.18. The lowest BCUT2D eigenvalue weighted by atomic mass is 10.2. The highest BCUT2D eigenvalue weighted by molar-refractivity contribution is 9.10. The van der Waals surface area contributed by atoms with E-state index >= 15 is 0 Å². The summed E-state index contributed by atoms with van der Waals surface area (Å²) in [6, 6.07) is 8.37. The van der Waals surface area contributed by atoms with Gasteiger partial charge in [-0.05, 0) is 30.5 Å². The molecule has 0 bridgehead atoms. The predicted octanol–water partition coefficient (Wildman–Crippen LogP) is 4.95. The van der Waals surface area contributed by atoms with Gasteiger partial charge in [0.1, 0.15) is 0 Å². The molecule has 0 aliphatic rings. The minimum absolute atomic E-state index is 0.630. The van der Waals surface area contributed by atoms with E-state index in [-0.39, 0.29) is 0 Å². The van der Waals surface area contributed by atoms with Crippen molar-refractivity contribution in [2.75, 3.05) is 11.9 Å². The number of halogens is 1. The molecule has 1 aromatic heterocycles. The number of rotatable bonds is 4. The van der Waals surface area contributed by atoms with Crippen molar-refractivity contribution in [1.29, 1.82) is 0 Å². The van der Waals surface area contributed by atoms with Crippen molar-refractivity contribution < 1.29 is 0 Å². The van der Waals surface area contributed by atoms with Crippen LogP contribution in [-0.4, -0.2) is 11.5 Å². The van der Waals surface area contributed by atoms with E-state index in [0.717, 1.165) is 21.8 Å². The summed E-state index contributed by atoms with van der Waals surface area (Å²) in [6.07, 6.45) is 0. The number of benzene rings is 1. The first kappa shape index (κ1) is 13.6. The summed E-state index contributed by atoms with van der Waals surface area (Å²) in [5.41, 5.74) is 2.32. The van der Waals surface area contributed by atoms with Gasteiger partial charge in [0.2, 0.25) is 0 Å². The first-order valence-corrected chi connectivity index (χ1v) is 7.64. The Labute approximate surface area is 121 Å². The maximum absolute atomic E-state index is 4.58. The molecule has 2 aromatic rings. The van der Waals surface area contributed by atoms with Crippen LogP contribution in [0.3, 0.4) is 0 Å². The van der Waals surface area contributed by atoms with E-state index in [2.05, 4.69) is 71.3 Å². The van der Waals surface area contributed by atoms with E-state index in [9.17, 15) is 0 Å². The van der Waals surface area contributed by atoms with Crippen molar-refractivity contribution in [3.05, 3.63) is 34.4 Å². The van der Waals surface area contributed by atoms with Gasteiger partial charge in [-0.15, -0.1) is 0 Å². The van der Waals surface area contributed by atoms with E-state index in [4.69, 9.17) is 0 Å². The minimum Gasteiger partial charge on any atom is -0.361 e. The Morgan fingerprint density at radius 2 is 1.94 bits per heavy atom. The second kappa shape index (κ2) is 5.85. The molecule has 0 saturated heterocycles. The molecular weight excluding hydrogens is 308 g/mol. The Morgan fingerprint density at radius 1 is 1.28 bits per heavy atom. The van der Waals surface area contributed by atoms with Gasteiger partial charge in [0.15, 0.2) is 5.13 Å². The number of hydrogen-bond donors (Lipinski definition) is 1. The molecule has 18 heavy (non-hydrogen) atoms. The Hall–Kier alpha value is -0.870. The standard InChI is InChI=1S/C14H17BrN2S/c1-9(2)8-16-14-17-10(3)13(18-14)11-4-6-12(15)7-5-11/h4-7,9H,8H2,1-3H3,(H,16,17). The van der Waals surface area contributed by atoms with Crippen LogP contribution in [-0.2, 0) is 0 Å². The first-order chi connectivity index (χ1) is 8.56. The molecule has 0 spiro atoms. The summed E-state index contributed by atoms with van der Waals surface area (Å²) in [7, 11) is 0. The van der Waals surface area contributed by atoms with Crippen LogP contribution in [0.25, 0.3) is 10.4 Å². The van der Waals surface area contributed by atoms with Crippen molar-refractivity contribution >= 4 is 32.4 Å². The lowest BCUT2D eigenvalue weighted by molar-refractivity contribution is 0.688. The minimum atomic E-state index is 0.630. The molecule has 1 N–H and O–H groups in total. The summed E-state index contributed by atoms with van der Waals surface area (Å²) in [5, 5.41) is 4.40. The molecule has 0 fully saturated rings. The number of nitrogens with zero attached hydrogens (tertiary/aromatic N) is 1. The third-order valence-electron chi connectivity index (χ3n) is 2.56. The molecule has 1 aromatic carbocycles. The van der Waals surface area contributed by atoms with Gasteiger partial charge >= 0.3 is 0 Å². The molecule has 0 aliphatic heterocycles. The highest BCUT2D eigenvalue weighted by atomic mass is 79.9. The normalized spacial score (nSPS) is 10.9. The average Bonchev–Trinajstić information content (AvgIpc) is 2.69. The Bertz CT molecular complexity index is 517. The van der Waals surface area contributed by atoms with Crippen molar-refractivity contribution in [2.45, 2.75) is 20.8 Å². The van der Waals surface area contributed by atoms with Gasteiger partial charge < -0.3 is 5.32 Å². The molecule has 2 rings (SSSR count). The van der Waals surface area contributed by atoms with E-state index in [1.165, 1.54) is 10.4 Å². The Kier molecular flexibility index (Phi) is 4.40. The third-order valence-corrected chi connectivity index (χ3v) is 4.26. The lowest BCUT2D eigenvalue weighted by Crippen LogP contribution is -2.07. The van der Waals surface area contributed by atoms with Crippen molar-refractivity contribution in [2.24, 2.45) is 5.92 Å². The largest absolute Gasteiger partial charge is 0.361 e. The summed E-state index contributed by atoms with van der Waals surface area (Å²) in [4.78, 5) is 5.82. The molecule has 0 amide bonds. The lowest BCUT2D eigenvalue weighted by Gasteiger charge is -2.04. The molecular formula is C14H17BrN2S. The summed E-state index contributed by atoms with van der Waals surface area (Å²) in [6.45, 7) is 7.42. The smallest absolute Gasteiger partial charge is 0.183 e. The number of anilines is 1. The third kappa shape index (κ3) is 3.33. The maximum Gasteiger partial charge on any atom is 0.183 e. The number of nitrogens with one attached hydrogen (secondary N) is 1. The zero-order valence-corrected chi connectivity index (χ0v) is 13.2. The van der Waals surface area contributed by atoms with Gasteiger partial charge in [0.25, 0.3) is 0 Å². The number of aromatic nitrogens is 1. The Balaban J connectivity index is 2.21. The molecule has 0 atom stereocenters. The number of hydrogen-bond acceptors (Lipinski definition) is 3. The van der Waals surface area contributed by atoms with Gasteiger partial charge in [-0.2, -0.15) is 0 Å². The van der Waals surface area contributed by atoms with Gasteiger partial charge in [-0.25, -0.2) is 4.98 Å². The SMILES string of the molecule is Cc1nc(NCC(C)C)sc1-c1ccc(Br)cc1. The first-order valence-electron chi connectivity index (χ1n) is 6.03. The summed E-state index contributed by atoms with van der Waals surface area (Å²) in [5.74, 6) is 0.630. The highest BCUT2D eigenvalue weighted by Crippen LogP contribution is 2.33. The van der Waals surface area contributed by atoms with Gasteiger partial charge in [0, 0.05) is 11.0 Å². The van der Waals surface area contributed by atoms with Gasteiger partial charge in [-0.3, -0.25) is 0 Å². The van der Waals surface area contributed by atoms with E-state index in [1.54, 1.807) is 11.3 Å². The molecule has 0 radical (unpaired) electrons. The maximum atomic E-state index is 4.58. The van der Waals surface area contributed by atoms with Crippen LogP contribution in [0, 0.1) is 12.8 Å². The van der Waals surface area contributed by atoms with Gasteiger partial charge in [-0.1, -0.05) is 53.2 Å². The van der Waals surface area contributed by atoms with Crippen LogP contribution in [0.2, 0.25) is 0 Å². The van der Waals surface area contributed by atoms with E-state index < -0.39 is 0 Å². The molecule has 96 valence electrons. The Morgan fingerprint density at radius 3 is 2.56 bits per heavy atom. The van der Waals surface area contributed by atoms with E-state index in [1.807, 2.05) is 0 Å². The molecule has 0 aliphatic carbocycles. The van der Waals surface area contributed by atoms with Crippen LogP contribution in [0.5, 0.6) is 0 Å².